The molecule has 0 aromatic rings. The zero-order valence-corrected chi connectivity index (χ0v) is 10.4. The van der Waals surface area contributed by atoms with E-state index in [1.807, 2.05) is 0 Å². The van der Waals surface area contributed by atoms with Crippen molar-refractivity contribution in [3.05, 3.63) is 10.4 Å². The summed E-state index contributed by atoms with van der Waals surface area (Å²) >= 11 is 0. The molecule has 6 heteroatoms. The van der Waals surface area contributed by atoms with Crippen molar-refractivity contribution in [2.24, 2.45) is 5.11 Å². The number of rotatable bonds is 9. The second-order valence-electron chi connectivity index (χ2n) is 4.36. The molecule has 0 amide bonds. The van der Waals surface area contributed by atoms with E-state index in [0.717, 1.165) is 6.54 Å². The molecule has 0 spiro atoms. The Morgan fingerprint density at radius 2 is 1.75 bits per heavy atom. The lowest BCUT2D eigenvalue weighted by Crippen LogP contribution is -2.38. The molecule has 16 heavy (non-hydrogen) atoms. The molecule has 0 aliphatic carbocycles. The fraction of sp³-hybridized carbons (Fsp3) is 1.00. The van der Waals surface area contributed by atoms with Crippen LogP contribution in [0.25, 0.3) is 10.4 Å². The molecule has 1 N–H and O–H groups in total. The minimum atomic E-state index is 0.134. The van der Waals surface area contributed by atoms with Crippen LogP contribution >= 0.6 is 0 Å². The van der Waals surface area contributed by atoms with Crippen molar-refractivity contribution in [1.82, 2.24) is 5.32 Å². The maximum absolute atomic E-state index is 8.00. The Morgan fingerprint density at radius 1 is 1.12 bits per heavy atom. The molecule has 0 saturated carbocycles. The van der Waals surface area contributed by atoms with Gasteiger partial charge in [-0.1, -0.05) is 5.11 Å². The zero-order chi connectivity index (χ0) is 12.3. The topological polar surface area (TPSA) is 79.2 Å². The largest absolute Gasteiger partial charge is 0.379 e. The fourth-order valence-corrected chi connectivity index (χ4v) is 0.970. The summed E-state index contributed by atoms with van der Waals surface area (Å²) < 4.78 is 10.5. The molecule has 0 fully saturated rings. The van der Waals surface area contributed by atoms with E-state index in [1.54, 1.807) is 0 Å². The van der Waals surface area contributed by atoms with E-state index in [-0.39, 0.29) is 5.54 Å². The number of nitrogens with one attached hydrogen (secondary N) is 1. The second-order valence-corrected chi connectivity index (χ2v) is 4.36. The van der Waals surface area contributed by atoms with Crippen LogP contribution in [0.3, 0.4) is 0 Å². The first-order valence-electron chi connectivity index (χ1n) is 5.47. The van der Waals surface area contributed by atoms with Gasteiger partial charge in [0.25, 0.3) is 0 Å². The summed E-state index contributed by atoms with van der Waals surface area (Å²) in [4.78, 5) is 2.62. The predicted molar refractivity (Wildman–Crippen MR) is 63.4 cm³/mol. The summed E-state index contributed by atoms with van der Waals surface area (Å²) in [6.07, 6.45) is 0. The highest BCUT2D eigenvalue weighted by Gasteiger charge is 2.06. The third-order valence-corrected chi connectivity index (χ3v) is 1.67. The standard InChI is InChI=1S/C10H22N4O2/c1-10(2,3)12-4-6-15-8-9-16-7-5-13-14-11/h12H,4-9H2,1-3H3. The first-order chi connectivity index (χ1) is 7.56. The second kappa shape index (κ2) is 9.42. The number of ether oxygens (including phenoxy) is 2. The van der Waals surface area contributed by atoms with Crippen molar-refractivity contribution in [3.63, 3.8) is 0 Å². The molecule has 0 aliphatic rings. The van der Waals surface area contributed by atoms with Gasteiger partial charge in [0.05, 0.1) is 26.4 Å². The van der Waals surface area contributed by atoms with Crippen LogP contribution in [0.4, 0.5) is 0 Å². The highest BCUT2D eigenvalue weighted by atomic mass is 16.5. The van der Waals surface area contributed by atoms with Gasteiger partial charge in [-0.3, -0.25) is 0 Å². The lowest BCUT2D eigenvalue weighted by Gasteiger charge is -2.20. The Balaban J connectivity index is 3.07. The summed E-state index contributed by atoms with van der Waals surface area (Å²) in [5, 5.41) is 6.67. The lowest BCUT2D eigenvalue weighted by atomic mass is 10.1. The van der Waals surface area contributed by atoms with Crippen molar-refractivity contribution < 1.29 is 9.47 Å². The minimum absolute atomic E-state index is 0.134. The SMILES string of the molecule is CC(C)(C)NCCOCCOCCN=[N+]=[N-]. The van der Waals surface area contributed by atoms with E-state index in [1.165, 1.54) is 0 Å². The van der Waals surface area contributed by atoms with Gasteiger partial charge >= 0.3 is 0 Å². The molecular formula is C10H22N4O2. The third kappa shape index (κ3) is 13.2. The molecule has 0 bridgehead atoms. The van der Waals surface area contributed by atoms with Gasteiger partial charge in [0.15, 0.2) is 0 Å². The summed E-state index contributed by atoms with van der Waals surface area (Å²) in [5.41, 5.74) is 8.14. The van der Waals surface area contributed by atoms with Gasteiger partial charge < -0.3 is 14.8 Å². The van der Waals surface area contributed by atoms with Crippen LogP contribution in [0.1, 0.15) is 20.8 Å². The molecule has 0 saturated heterocycles. The van der Waals surface area contributed by atoms with Crippen molar-refractivity contribution in [2.45, 2.75) is 26.3 Å². The van der Waals surface area contributed by atoms with Gasteiger partial charge in [0.1, 0.15) is 0 Å². The van der Waals surface area contributed by atoms with Crippen LogP contribution in [-0.4, -0.2) is 45.1 Å². The fourth-order valence-electron chi connectivity index (χ4n) is 0.970. The molecule has 6 nitrogen and oxygen atoms in total. The lowest BCUT2D eigenvalue weighted by molar-refractivity contribution is 0.0504. The average Bonchev–Trinajstić information content (AvgIpc) is 2.19. The minimum Gasteiger partial charge on any atom is -0.379 e. The maximum Gasteiger partial charge on any atom is 0.0701 e. The van der Waals surface area contributed by atoms with Crippen LogP contribution in [-0.2, 0) is 9.47 Å². The van der Waals surface area contributed by atoms with Crippen molar-refractivity contribution in [2.75, 3.05) is 39.5 Å². The molecule has 0 atom stereocenters. The first-order valence-corrected chi connectivity index (χ1v) is 5.47. The first kappa shape index (κ1) is 15.2. The Kier molecular flexibility index (Phi) is 8.94. The van der Waals surface area contributed by atoms with Gasteiger partial charge in [-0.15, -0.1) is 0 Å². The summed E-state index contributed by atoms with van der Waals surface area (Å²) in [6.45, 7) is 9.80. The average molecular weight is 230 g/mol. The predicted octanol–water partition coefficient (Wildman–Crippen LogP) is 1.72. The Hall–Kier alpha value is -0.810. The van der Waals surface area contributed by atoms with Crippen LogP contribution < -0.4 is 5.32 Å². The summed E-state index contributed by atoms with van der Waals surface area (Å²) in [5.74, 6) is 0. The monoisotopic (exact) mass is 230 g/mol. The maximum atomic E-state index is 8.00. The molecule has 94 valence electrons. The number of azide groups is 1. The Morgan fingerprint density at radius 3 is 2.31 bits per heavy atom. The van der Waals surface area contributed by atoms with Gasteiger partial charge in [-0.2, -0.15) is 0 Å². The van der Waals surface area contributed by atoms with Gasteiger partial charge in [-0.05, 0) is 26.3 Å². The zero-order valence-electron chi connectivity index (χ0n) is 10.4. The Bertz CT molecular complexity index is 209. The molecule has 0 unspecified atom stereocenters. The molecule has 0 aromatic heterocycles. The van der Waals surface area contributed by atoms with Crippen molar-refractivity contribution >= 4 is 0 Å². The number of nitrogens with zero attached hydrogens (tertiary/aromatic N) is 3. The van der Waals surface area contributed by atoms with E-state index in [9.17, 15) is 0 Å². The third-order valence-electron chi connectivity index (χ3n) is 1.67. The van der Waals surface area contributed by atoms with E-state index in [2.05, 4.69) is 36.1 Å². The van der Waals surface area contributed by atoms with E-state index in [4.69, 9.17) is 15.0 Å². The normalized spacial score (nSPS) is 11.2. The smallest absolute Gasteiger partial charge is 0.0701 e. The number of hydrogen-bond donors (Lipinski definition) is 1. The quantitative estimate of drug-likeness (QED) is 0.283. The molecule has 0 radical (unpaired) electrons. The molecule has 0 aromatic carbocycles. The Labute approximate surface area is 96.9 Å². The van der Waals surface area contributed by atoms with E-state index >= 15 is 0 Å². The van der Waals surface area contributed by atoms with Crippen molar-refractivity contribution in [3.8, 4) is 0 Å². The van der Waals surface area contributed by atoms with Crippen LogP contribution in [0, 0.1) is 0 Å². The van der Waals surface area contributed by atoms with Crippen molar-refractivity contribution in [1.29, 1.82) is 0 Å². The van der Waals surface area contributed by atoms with Crippen LogP contribution in [0.15, 0.2) is 5.11 Å². The van der Waals surface area contributed by atoms with Gasteiger partial charge in [0, 0.05) is 23.5 Å². The summed E-state index contributed by atoms with van der Waals surface area (Å²) in [6, 6.07) is 0. The van der Waals surface area contributed by atoms with Gasteiger partial charge in [-0.25, -0.2) is 0 Å². The molecule has 0 aliphatic heterocycles. The van der Waals surface area contributed by atoms with Crippen LogP contribution in [0.5, 0.6) is 0 Å². The molecule has 0 heterocycles. The van der Waals surface area contributed by atoms with E-state index in [0.29, 0.717) is 33.0 Å². The van der Waals surface area contributed by atoms with E-state index < -0.39 is 0 Å². The summed E-state index contributed by atoms with van der Waals surface area (Å²) in [7, 11) is 0. The molecule has 0 rings (SSSR count). The van der Waals surface area contributed by atoms with Gasteiger partial charge in [0.2, 0.25) is 0 Å². The molecular weight excluding hydrogens is 208 g/mol. The number of hydrogen-bond acceptors (Lipinski definition) is 4. The highest BCUT2D eigenvalue weighted by molar-refractivity contribution is 4.69. The highest BCUT2D eigenvalue weighted by Crippen LogP contribution is 1.96. The van der Waals surface area contributed by atoms with Crippen LogP contribution in [0.2, 0.25) is 0 Å².